The molecule has 0 aliphatic carbocycles. The first-order valence-corrected chi connectivity index (χ1v) is 10.9. The van der Waals surface area contributed by atoms with Gasteiger partial charge in [0.1, 0.15) is 6.04 Å². The van der Waals surface area contributed by atoms with E-state index in [0.29, 0.717) is 31.2 Å². The molecule has 1 saturated heterocycles. The van der Waals surface area contributed by atoms with E-state index < -0.39 is 6.04 Å². The Balaban J connectivity index is 1.42. The maximum atomic E-state index is 13.0. The zero-order valence-corrected chi connectivity index (χ0v) is 17.8. The lowest BCUT2D eigenvalue weighted by Crippen LogP contribution is -2.52. The molecule has 2 aliphatic rings. The Morgan fingerprint density at radius 3 is 2.45 bits per heavy atom. The summed E-state index contributed by atoms with van der Waals surface area (Å²) in [6, 6.07) is 15.0. The van der Waals surface area contributed by atoms with Crippen molar-refractivity contribution in [2.24, 2.45) is 0 Å². The van der Waals surface area contributed by atoms with Crippen LogP contribution >= 0.6 is 23.4 Å². The van der Waals surface area contributed by atoms with E-state index in [2.05, 4.69) is 12.1 Å². The van der Waals surface area contributed by atoms with Crippen molar-refractivity contribution >= 4 is 35.2 Å². The molecule has 2 aromatic carbocycles. The second-order valence-electron chi connectivity index (χ2n) is 7.23. The molecule has 7 heteroatoms. The van der Waals surface area contributed by atoms with Gasteiger partial charge in [-0.2, -0.15) is 0 Å². The first kappa shape index (κ1) is 20.3. The molecule has 2 aliphatic heterocycles. The molecule has 0 unspecified atom stereocenters. The summed E-state index contributed by atoms with van der Waals surface area (Å²) in [4.78, 5) is 30.7. The van der Waals surface area contributed by atoms with E-state index in [9.17, 15) is 9.59 Å². The van der Waals surface area contributed by atoms with E-state index in [1.54, 1.807) is 17.8 Å². The van der Waals surface area contributed by atoms with Gasteiger partial charge >= 0.3 is 5.97 Å². The molecule has 0 radical (unpaired) electrons. The van der Waals surface area contributed by atoms with Crippen LogP contribution in [0.5, 0.6) is 0 Å². The van der Waals surface area contributed by atoms with Crippen molar-refractivity contribution < 1.29 is 14.3 Å². The van der Waals surface area contributed by atoms with Gasteiger partial charge in [-0.05, 0) is 29.7 Å². The first-order chi connectivity index (χ1) is 14.1. The van der Waals surface area contributed by atoms with Gasteiger partial charge in [0.05, 0.1) is 12.4 Å². The number of ether oxygens (including phenoxy) is 1. The standard InChI is InChI=1S/C22H23ClN2O3S/c1-28-22(27)20(16-7-3-4-8-17(16)23)24-10-12-25(13-11-24)21(26)19-14-15-6-2-5-9-18(15)29-19/h2-9,19-20H,10-14H2,1H3/t19-,20-/m1/s1. The maximum Gasteiger partial charge on any atom is 0.327 e. The molecule has 1 amide bonds. The first-order valence-electron chi connectivity index (χ1n) is 9.68. The zero-order chi connectivity index (χ0) is 20.4. The number of amides is 1. The molecular weight excluding hydrogens is 408 g/mol. The van der Waals surface area contributed by atoms with Crippen molar-refractivity contribution in [1.82, 2.24) is 9.80 Å². The minimum atomic E-state index is -0.559. The lowest BCUT2D eigenvalue weighted by Gasteiger charge is -2.39. The number of rotatable bonds is 4. The maximum absolute atomic E-state index is 13.0. The van der Waals surface area contributed by atoms with Gasteiger partial charge in [-0.15, -0.1) is 11.8 Å². The van der Waals surface area contributed by atoms with Gasteiger partial charge in [0, 0.05) is 36.1 Å². The number of methoxy groups -OCH3 is 1. The average molecular weight is 431 g/mol. The minimum absolute atomic E-state index is 0.0566. The van der Waals surface area contributed by atoms with E-state index in [0.717, 1.165) is 12.0 Å². The van der Waals surface area contributed by atoms with Gasteiger partial charge in [-0.1, -0.05) is 48.0 Å². The van der Waals surface area contributed by atoms with Gasteiger partial charge in [0.15, 0.2) is 0 Å². The predicted molar refractivity (Wildman–Crippen MR) is 114 cm³/mol. The Morgan fingerprint density at radius 2 is 1.76 bits per heavy atom. The number of piperazine rings is 1. The second kappa shape index (κ2) is 8.78. The summed E-state index contributed by atoms with van der Waals surface area (Å²) in [6.45, 7) is 2.37. The fourth-order valence-corrected chi connectivity index (χ4v) is 5.52. The highest BCUT2D eigenvalue weighted by atomic mass is 35.5. The third-order valence-corrected chi connectivity index (χ3v) is 7.19. The molecule has 2 aromatic rings. The number of fused-ring (bicyclic) bond motifs is 1. The number of halogens is 1. The summed E-state index contributed by atoms with van der Waals surface area (Å²) < 4.78 is 5.04. The molecule has 5 nitrogen and oxygen atoms in total. The lowest BCUT2D eigenvalue weighted by molar-refractivity contribution is -0.148. The number of benzene rings is 2. The van der Waals surface area contributed by atoms with Gasteiger partial charge in [-0.3, -0.25) is 9.69 Å². The van der Waals surface area contributed by atoms with Crippen LogP contribution in [-0.2, 0) is 20.7 Å². The zero-order valence-electron chi connectivity index (χ0n) is 16.2. The summed E-state index contributed by atoms with van der Waals surface area (Å²) in [7, 11) is 1.39. The van der Waals surface area contributed by atoms with Crippen molar-refractivity contribution in [1.29, 1.82) is 0 Å². The number of hydrogen-bond acceptors (Lipinski definition) is 5. The Hall–Kier alpha value is -2.02. The highest BCUT2D eigenvalue weighted by molar-refractivity contribution is 8.01. The molecular formula is C22H23ClN2O3S. The number of carbonyl (C=O) groups is 2. The topological polar surface area (TPSA) is 49.9 Å². The number of hydrogen-bond donors (Lipinski definition) is 0. The molecule has 0 N–H and O–H groups in total. The predicted octanol–water partition coefficient (Wildman–Crippen LogP) is 3.42. The Bertz CT molecular complexity index is 889. The van der Waals surface area contributed by atoms with Crippen LogP contribution in [0.4, 0.5) is 0 Å². The summed E-state index contributed by atoms with van der Waals surface area (Å²) in [5.41, 5.74) is 1.99. The Kier molecular flexibility index (Phi) is 6.13. The largest absolute Gasteiger partial charge is 0.468 e. The van der Waals surface area contributed by atoms with Crippen LogP contribution in [0.25, 0.3) is 0 Å². The average Bonchev–Trinajstić information content (AvgIpc) is 3.19. The minimum Gasteiger partial charge on any atom is -0.468 e. The normalized spacial score (nSPS) is 20.2. The molecule has 4 rings (SSSR count). The third-order valence-electron chi connectivity index (χ3n) is 5.54. The van der Waals surface area contributed by atoms with Gasteiger partial charge in [-0.25, -0.2) is 4.79 Å². The molecule has 152 valence electrons. The monoisotopic (exact) mass is 430 g/mol. The van der Waals surface area contributed by atoms with Crippen LogP contribution in [0.2, 0.25) is 5.02 Å². The summed E-state index contributed by atoms with van der Waals surface area (Å²) in [5.74, 6) is -0.155. The van der Waals surface area contributed by atoms with Crippen LogP contribution in [0.3, 0.4) is 0 Å². The van der Waals surface area contributed by atoms with E-state index in [4.69, 9.17) is 16.3 Å². The van der Waals surface area contributed by atoms with Gasteiger partial charge in [0.25, 0.3) is 0 Å². The highest BCUT2D eigenvalue weighted by Crippen LogP contribution is 2.38. The smallest absolute Gasteiger partial charge is 0.327 e. The van der Waals surface area contributed by atoms with E-state index in [1.807, 2.05) is 40.1 Å². The van der Waals surface area contributed by atoms with Gasteiger partial charge < -0.3 is 9.64 Å². The fourth-order valence-electron chi connectivity index (χ4n) is 4.01. The van der Waals surface area contributed by atoms with Crippen LogP contribution in [0.1, 0.15) is 17.2 Å². The molecule has 0 bridgehead atoms. The molecule has 2 atom stereocenters. The van der Waals surface area contributed by atoms with Crippen molar-refractivity contribution in [3.8, 4) is 0 Å². The van der Waals surface area contributed by atoms with E-state index in [1.165, 1.54) is 17.6 Å². The van der Waals surface area contributed by atoms with Crippen LogP contribution in [-0.4, -0.2) is 60.2 Å². The molecule has 0 aromatic heterocycles. The Morgan fingerprint density at radius 1 is 1.07 bits per heavy atom. The van der Waals surface area contributed by atoms with Gasteiger partial charge in [0.2, 0.25) is 5.91 Å². The van der Waals surface area contributed by atoms with Crippen molar-refractivity contribution in [2.45, 2.75) is 22.6 Å². The second-order valence-corrected chi connectivity index (χ2v) is 8.88. The fraction of sp³-hybridized carbons (Fsp3) is 0.364. The third kappa shape index (κ3) is 4.15. The molecule has 1 fully saturated rings. The summed E-state index contributed by atoms with van der Waals surface area (Å²) in [6.07, 6.45) is 0.782. The van der Waals surface area contributed by atoms with Crippen molar-refractivity contribution in [3.63, 3.8) is 0 Å². The molecule has 29 heavy (non-hydrogen) atoms. The van der Waals surface area contributed by atoms with Crippen LogP contribution in [0, 0.1) is 0 Å². The number of esters is 1. The highest BCUT2D eigenvalue weighted by Gasteiger charge is 2.36. The van der Waals surface area contributed by atoms with E-state index >= 15 is 0 Å². The van der Waals surface area contributed by atoms with Crippen LogP contribution in [0.15, 0.2) is 53.4 Å². The molecule has 2 heterocycles. The SMILES string of the molecule is COC(=O)[C@@H](c1ccccc1Cl)N1CCN(C(=O)[C@H]2Cc3ccccc3S2)CC1. The quantitative estimate of drug-likeness (QED) is 0.696. The number of carbonyl (C=O) groups excluding carboxylic acids is 2. The van der Waals surface area contributed by atoms with Crippen molar-refractivity contribution in [2.75, 3.05) is 33.3 Å². The summed E-state index contributed by atoms with van der Waals surface area (Å²) >= 11 is 8.00. The summed E-state index contributed by atoms with van der Waals surface area (Å²) in [5, 5.41) is 0.487. The number of thioether (sulfide) groups is 1. The lowest BCUT2D eigenvalue weighted by atomic mass is 10.0. The molecule has 0 spiro atoms. The number of nitrogens with zero attached hydrogens (tertiary/aromatic N) is 2. The molecule has 0 saturated carbocycles. The van der Waals surface area contributed by atoms with Crippen molar-refractivity contribution in [3.05, 3.63) is 64.7 Å². The Labute approximate surface area is 180 Å². The van der Waals surface area contributed by atoms with E-state index in [-0.39, 0.29) is 17.1 Å². The van der Waals surface area contributed by atoms with Crippen LogP contribution < -0.4 is 0 Å².